The number of nitrogens with one attached hydrogen (secondary N) is 1. The number of rotatable bonds is 3. The van der Waals surface area contributed by atoms with Crippen molar-refractivity contribution < 1.29 is 31.1 Å². The molecule has 1 heterocycles. The summed E-state index contributed by atoms with van der Waals surface area (Å²) < 4.78 is 79.3. The van der Waals surface area contributed by atoms with E-state index in [9.17, 15) is 26.3 Å². The van der Waals surface area contributed by atoms with Gasteiger partial charge in [-0.2, -0.15) is 22.0 Å². The third-order valence-corrected chi connectivity index (χ3v) is 2.49. The van der Waals surface area contributed by atoms with Crippen LogP contribution in [0.4, 0.5) is 26.3 Å². The number of ether oxygens (including phenoxy) is 1. The quantitative estimate of drug-likeness (QED) is 0.684. The van der Waals surface area contributed by atoms with E-state index in [4.69, 9.17) is 0 Å². The summed E-state index contributed by atoms with van der Waals surface area (Å²) in [7, 11) is 0. The smallest absolute Gasteiger partial charge is 0.429 e. The van der Waals surface area contributed by atoms with Gasteiger partial charge >= 0.3 is 12.3 Å². The molecule has 0 saturated carbocycles. The van der Waals surface area contributed by atoms with Crippen LogP contribution in [0.3, 0.4) is 0 Å². The van der Waals surface area contributed by atoms with Gasteiger partial charge in [0.15, 0.2) is 0 Å². The average Bonchev–Trinajstić information content (AvgIpc) is 2.70. The zero-order valence-corrected chi connectivity index (χ0v) is 10.1. The van der Waals surface area contributed by atoms with E-state index in [1.807, 2.05) is 4.98 Å². The maximum atomic E-state index is 12.9. The number of alkyl halides is 7. The van der Waals surface area contributed by atoms with Gasteiger partial charge in [0.1, 0.15) is 5.75 Å². The lowest BCUT2D eigenvalue weighted by Crippen LogP contribution is -2.32. The first-order valence-corrected chi connectivity index (χ1v) is 5.45. The van der Waals surface area contributed by atoms with Crippen molar-refractivity contribution in [1.82, 2.24) is 9.97 Å². The van der Waals surface area contributed by atoms with Gasteiger partial charge in [-0.05, 0) is 12.1 Å². The zero-order valence-electron chi connectivity index (χ0n) is 9.31. The van der Waals surface area contributed by atoms with Crippen molar-refractivity contribution in [3.8, 4) is 5.75 Å². The summed E-state index contributed by atoms with van der Waals surface area (Å²) in [6.45, 7) is 0. The lowest BCUT2D eigenvalue weighted by molar-refractivity contribution is -0.198. The Bertz CT molecular complexity index is 624. The van der Waals surface area contributed by atoms with Gasteiger partial charge in [-0.15, -0.1) is 0 Å². The Morgan fingerprint density at radius 2 is 1.85 bits per heavy atom. The highest BCUT2D eigenvalue weighted by atomic mass is 35.5. The summed E-state index contributed by atoms with van der Waals surface area (Å²) in [6, 6.07) is 2.80. The van der Waals surface area contributed by atoms with E-state index in [1.165, 1.54) is 0 Å². The maximum Gasteiger partial charge on any atom is 0.449 e. The Balaban J connectivity index is 2.35. The van der Waals surface area contributed by atoms with Crippen molar-refractivity contribution in [2.45, 2.75) is 17.9 Å². The molecule has 1 aromatic carbocycles. The minimum atomic E-state index is -4.70. The first-order chi connectivity index (χ1) is 9.09. The van der Waals surface area contributed by atoms with E-state index >= 15 is 0 Å². The highest BCUT2D eigenvalue weighted by Gasteiger charge is 2.42. The van der Waals surface area contributed by atoms with Crippen molar-refractivity contribution >= 4 is 22.6 Å². The maximum absolute atomic E-state index is 12.9. The molecule has 0 spiro atoms. The number of benzene rings is 1. The van der Waals surface area contributed by atoms with E-state index in [2.05, 4.69) is 21.3 Å². The molecule has 110 valence electrons. The standard InChI is InChI=1S/C10H5ClF6N2O/c11-7(12)10(16,17)20-4-1-2-5-6(3-4)19-8(18-5)9(13,14)15/h1-3,7H,(H,18,19). The predicted octanol–water partition coefficient (Wildman–Crippen LogP) is 4.09. The van der Waals surface area contributed by atoms with E-state index in [-0.39, 0.29) is 11.0 Å². The summed E-state index contributed by atoms with van der Waals surface area (Å²) >= 11 is 4.59. The second-order valence-electron chi connectivity index (χ2n) is 3.73. The van der Waals surface area contributed by atoms with Crippen LogP contribution in [0.5, 0.6) is 5.75 Å². The van der Waals surface area contributed by atoms with Gasteiger partial charge < -0.3 is 9.72 Å². The molecule has 20 heavy (non-hydrogen) atoms. The highest BCUT2D eigenvalue weighted by Crippen LogP contribution is 2.32. The minimum absolute atomic E-state index is 0.0318. The average molecular weight is 319 g/mol. The van der Waals surface area contributed by atoms with Crippen LogP contribution in [-0.2, 0) is 6.18 Å². The van der Waals surface area contributed by atoms with Crippen molar-refractivity contribution in [1.29, 1.82) is 0 Å². The molecule has 0 radical (unpaired) electrons. The van der Waals surface area contributed by atoms with Gasteiger partial charge in [0.2, 0.25) is 5.82 Å². The highest BCUT2D eigenvalue weighted by molar-refractivity contribution is 6.20. The fourth-order valence-corrected chi connectivity index (χ4v) is 1.43. The van der Waals surface area contributed by atoms with E-state index < -0.39 is 29.5 Å². The van der Waals surface area contributed by atoms with E-state index in [0.29, 0.717) is 0 Å². The first-order valence-electron chi connectivity index (χ1n) is 5.01. The molecule has 2 rings (SSSR count). The van der Waals surface area contributed by atoms with Crippen LogP contribution in [0, 0.1) is 0 Å². The van der Waals surface area contributed by atoms with Crippen molar-refractivity contribution in [3.63, 3.8) is 0 Å². The third kappa shape index (κ3) is 2.92. The Kier molecular flexibility index (Phi) is 3.49. The number of aromatic amines is 1. The van der Waals surface area contributed by atoms with Crippen molar-refractivity contribution in [3.05, 3.63) is 24.0 Å². The summed E-state index contributed by atoms with van der Waals surface area (Å²) in [5, 5.41) is 0. The number of H-pyrrole nitrogens is 1. The van der Waals surface area contributed by atoms with Gasteiger partial charge in [-0.3, -0.25) is 0 Å². The monoisotopic (exact) mass is 318 g/mol. The van der Waals surface area contributed by atoms with Crippen LogP contribution < -0.4 is 4.74 Å². The Morgan fingerprint density at radius 3 is 2.40 bits per heavy atom. The summed E-state index contributed by atoms with van der Waals surface area (Å²) in [6.07, 6.45) is -9.01. The van der Waals surface area contributed by atoms with Crippen molar-refractivity contribution in [2.24, 2.45) is 0 Å². The number of aromatic nitrogens is 2. The van der Waals surface area contributed by atoms with E-state index in [1.54, 1.807) is 0 Å². The van der Waals surface area contributed by atoms with Crippen LogP contribution in [0.25, 0.3) is 11.0 Å². The molecule has 1 aromatic heterocycles. The summed E-state index contributed by atoms with van der Waals surface area (Å²) in [5.41, 5.74) is -3.38. The molecular formula is C10H5ClF6N2O. The van der Waals surface area contributed by atoms with Gasteiger partial charge in [-0.25, -0.2) is 9.37 Å². The number of hydrogen-bond acceptors (Lipinski definition) is 2. The SMILES string of the molecule is FC(Cl)C(F)(F)Oc1ccc2[nH]c(C(F)(F)F)nc2c1. The van der Waals surface area contributed by atoms with Crippen LogP contribution in [0.15, 0.2) is 18.2 Å². The molecule has 0 saturated heterocycles. The molecule has 0 aliphatic heterocycles. The lowest BCUT2D eigenvalue weighted by Gasteiger charge is -2.17. The zero-order chi connectivity index (χ0) is 15.1. The molecule has 1 unspecified atom stereocenters. The first kappa shape index (κ1) is 14.8. The molecule has 3 nitrogen and oxygen atoms in total. The summed E-state index contributed by atoms with van der Waals surface area (Å²) in [5.74, 6) is -1.84. The van der Waals surface area contributed by atoms with Gasteiger partial charge in [0.25, 0.3) is 5.63 Å². The molecule has 1 N–H and O–H groups in total. The number of imidazole rings is 1. The second-order valence-corrected chi connectivity index (χ2v) is 4.11. The van der Waals surface area contributed by atoms with E-state index in [0.717, 1.165) is 18.2 Å². The topological polar surface area (TPSA) is 37.9 Å². The number of halogens is 7. The van der Waals surface area contributed by atoms with Crippen LogP contribution in [0.2, 0.25) is 0 Å². The minimum Gasteiger partial charge on any atom is -0.429 e. The fraction of sp³-hybridized carbons (Fsp3) is 0.300. The lowest BCUT2D eigenvalue weighted by atomic mass is 10.3. The Hall–Kier alpha value is -1.64. The molecule has 0 aliphatic carbocycles. The Labute approximate surface area is 112 Å². The molecular weight excluding hydrogens is 314 g/mol. The number of nitrogens with zero attached hydrogens (tertiary/aromatic N) is 1. The van der Waals surface area contributed by atoms with Gasteiger partial charge in [-0.1, -0.05) is 11.6 Å². The van der Waals surface area contributed by atoms with Gasteiger partial charge in [0, 0.05) is 6.07 Å². The number of hydrogen-bond donors (Lipinski definition) is 1. The van der Waals surface area contributed by atoms with Crippen LogP contribution >= 0.6 is 11.6 Å². The van der Waals surface area contributed by atoms with Crippen LogP contribution in [-0.4, -0.2) is 21.7 Å². The molecule has 0 aliphatic rings. The number of fused-ring (bicyclic) bond motifs is 1. The summed E-state index contributed by atoms with van der Waals surface area (Å²) in [4.78, 5) is 5.16. The molecule has 1 atom stereocenters. The second kappa shape index (κ2) is 4.72. The third-order valence-electron chi connectivity index (χ3n) is 2.23. The Morgan fingerprint density at radius 1 is 1.20 bits per heavy atom. The van der Waals surface area contributed by atoms with Gasteiger partial charge in [0.05, 0.1) is 11.0 Å². The molecule has 2 aromatic rings. The molecule has 0 bridgehead atoms. The molecule has 0 fully saturated rings. The van der Waals surface area contributed by atoms with Crippen molar-refractivity contribution in [2.75, 3.05) is 0 Å². The normalized spacial score (nSPS) is 14.6. The largest absolute Gasteiger partial charge is 0.449 e. The molecule has 10 heteroatoms. The van der Waals surface area contributed by atoms with Crippen LogP contribution in [0.1, 0.15) is 5.82 Å². The molecule has 0 amide bonds. The fourth-order valence-electron chi connectivity index (χ4n) is 1.39. The predicted molar refractivity (Wildman–Crippen MR) is 57.4 cm³/mol.